The maximum atomic E-state index is 11.2. The van der Waals surface area contributed by atoms with Gasteiger partial charge in [-0.05, 0) is 12.3 Å². The largest absolute Gasteiger partial charge is 0.392 e. The highest BCUT2D eigenvalue weighted by Crippen LogP contribution is 2.36. The third-order valence-electron chi connectivity index (χ3n) is 2.60. The molecule has 12 heavy (non-hydrogen) atoms. The lowest BCUT2D eigenvalue weighted by Gasteiger charge is -2.20. The highest BCUT2D eigenvalue weighted by molar-refractivity contribution is 5.97. The predicted molar refractivity (Wildman–Crippen MR) is 41.0 cm³/mol. The lowest BCUT2D eigenvalue weighted by molar-refractivity contribution is -0.153. The van der Waals surface area contributed by atoms with Crippen LogP contribution in [0.3, 0.4) is 0 Å². The van der Waals surface area contributed by atoms with Crippen molar-refractivity contribution < 1.29 is 14.3 Å². The molecule has 0 radical (unpaired) electrons. The minimum atomic E-state index is -0.382. The van der Waals surface area contributed by atoms with Gasteiger partial charge in [0.2, 0.25) is 0 Å². The van der Waals surface area contributed by atoms with Crippen molar-refractivity contribution in [3.8, 4) is 0 Å². The van der Waals surface area contributed by atoms with E-state index < -0.39 is 0 Å². The molecular weight excluding hydrogens is 156 g/mol. The van der Waals surface area contributed by atoms with Gasteiger partial charge in [0.25, 0.3) is 0 Å². The summed E-state index contributed by atoms with van der Waals surface area (Å²) in [5, 5.41) is 0. The maximum Gasteiger partial charge on any atom is 0.321 e. The van der Waals surface area contributed by atoms with E-state index in [1.807, 2.05) is 13.0 Å². The minimum absolute atomic E-state index is 0.220. The van der Waals surface area contributed by atoms with Crippen LogP contribution in [0.15, 0.2) is 12.2 Å². The molecule has 0 aromatic heterocycles. The van der Waals surface area contributed by atoms with Gasteiger partial charge >= 0.3 is 11.9 Å². The highest BCUT2D eigenvalue weighted by Gasteiger charge is 2.46. The number of fused-ring (bicyclic) bond motifs is 1. The van der Waals surface area contributed by atoms with Gasteiger partial charge < -0.3 is 4.74 Å². The molecule has 1 aliphatic heterocycles. The Balaban J connectivity index is 2.34. The van der Waals surface area contributed by atoms with Gasteiger partial charge in [-0.3, -0.25) is 9.59 Å². The molecule has 0 amide bonds. The number of allylic oxidation sites excluding steroid dienone is 1. The van der Waals surface area contributed by atoms with Gasteiger partial charge in [0.1, 0.15) is 0 Å². The van der Waals surface area contributed by atoms with Crippen LogP contribution in [0, 0.1) is 17.8 Å². The Labute approximate surface area is 70.4 Å². The molecule has 0 unspecified atom stereocenters. The average Bonchev–Trinajstić information content (AvgIpc) is 2.29. The van der Waals surface area contributed by atoms with E-state index in [-0.39, 0.29) is 29.7 Å². The molecular formula is C9H10O3. The molecule has 0 aromatic carbocycles. The monoisotopic (exact) mass is 166 g/mol. The smallest absolute Gasteiger partial charge is 0.321 e. The molecule has 0 saturated carbocycles. The molecule has 3 heteroatoms. The summed E-state index contributed by atoms with van der Waals surface area (Å²) in [6.07, 6.45) is 4.60. The Morgan fingerprint density at radius 1 is 1.42 bits per heavy atom. The third kappa shape index (κ3) is 0.891. The Hall–Kier alpha value is -1.12. The van der Waals surface area contributed by atoms with E-state index >= 15 is 0 Å². The van der Waals surface area contributed by atoms with Crippen molar-refractivity contribution in [2.24, 2.45) is 17.8 Å². The standard InChI is InChI=1S/C9H10O3/c1-5-3-2-4-6-7(5)9(11)12-8(6)10/h2,4-7H,3H2,1H3/t5-,6+,7+/m0/s1. The first-order valence-corrected chi connectivity index (χ1v) is 4.12. The van der Waals surface area contributed by atoms with E-state index in [1.54, 1.807) is 6.08 Å². The second-order valence-corrected chi connectivity index (χ2v) is 3.43. The molecule has 0 N–H and O–H groups in total. The number of ether oxygens (including phenoxy) is 1. The molecule has 0 spiro atoms. The quantitative estimate of drug-likeness (QED) is 0.305. The summed E-state index contributed by atoms with van der Waals surface area (Å²) < 4.78 is 4.55. The van der Waals surface area contributed by atoms with Crippen LogP contribution in [-0.2, 0) is 14.3 Å². The molecule has 1 fully saturated rings. The Morgan fingerprint density at radius 3 is 2.83 bits per heavy atom. The minimum Gasteiger partial charge on any atom is -0.392 e. The summed E-state index contributed by atoms with van der Waals surface area (Å²) in [7, 11) is 0. The fraction of sp³-hybridized carbons (Fsp3) is 0.556. The summed E-state index contributed by atoms with van der Waals surface area (Å²) in [5.41, 5.74) is 0. The summed E-state index contributed by atoms with van der Waals surface area (Å²) in [6.45, 7) is 1.97. The summed E-state index contributed by atoms with van der Waals surface area (Å²) in [4.78, 5) is 22.2. The van der Waals surface area contributed by atoms with E-state index in [4.69, 9.17) is 0 Å². The van der Waals surface area contributed by atoms with E-state index in [0.717, 1.165) is 6.42 Å². The zero-order chi connectivity index (χ0) is 8.72. The van der Waals surface area contributed by atoms with Crippen molar-refractivity contribution in [3.05, 3.63) is 12.2 Å². The van der Waals surface area contributed by atoms with Crippen LogP contribution >= 0.6 is 0 Å². The second-order valence-electron chi connectivity index (χ2n) is 3.43. The first-order valence-electron chi connectivity index (χ1n) is 4.12. The number of hydrogen-bond donors (Lipinski definition) is 0. The number of cyclic esters (lactones) is 2. The molecule has 0 bridgehead atoms. The van der Waals surface area contributed by atoms with Gasteiger partial charge in [0.15, 0.2) is 0 Å². The summed E-state index contributed by atoms with van der Waals surface area (Å²) in [6, 6.07) is 0. The molecule has 64 valence electrons. The Kier molecular flexibility index (Phi) is 1.53. The summed E-state index contributed by atoms with van der Waals surface area (Å²) in [5.74, 6) is -1.02. The van der Waals surface area contributed by atoms with Crippen molar-refractivity contribution in [2.45, 2.75) is 13.3 Å². The van der Waals surface area contributed by atoms with Gasteiger partial charge in [-0.2, -0.15) is 0 Å². The number of carbonyl (C=O) groups excluding carboxylic acids is 2. The maximum absolute atomic E-state index is 11.2. The van der Waals surface area contributed by atoms with Crippen LogP contribution in [0.2, 0.25) is 0 Å². The molecule has 3 nitrogen and oxygen atoms in total. The molecule has 1 saturated heterocycles. The van der Waals surface area contributed by atoms with Crippen molar-refractivity contribution in [3.63, 3.8) is 0 Å². The fourth-order valence-corrected chi connectivity index (χ4v) is 1.90. The Morgan fingerprint density at radius 2 is 2.17 bits per heavy atom. The van der Waals surface area contributed by atoms with Gasteiger partial charge in [0.05, 0.1) is 11.8 Å². The van der Waals surface area contributed by atoms with Crippen molar-refractivity contribution in [1.29, 1.82) is 0 Å². The van der Waals surface area contributed by atoms with Gasteiger partial charge in [-0.1, -0.05) is 19.1 Å². The van der Waals surface area contributed by atoms with E-state index in [0.29, 0.717) is 0 Å². The van der Waals surface area contributed by atoms with Gasteiger partial charge in [-0.15, -0.1) is 0 Å². The first-order chi connectivity index (χ1) is 5.70. The van der Waals surface area contributed by atoms with E-state index in [1.165, 1.54) is 0 Å². The summed E-state index contributed by atoms with van der Waals surface area (Å²) >= 11 is 0. The van der Waals surface area contributed by atoms with Crippen molar-refractivity contribution >= 4 is 11.9 Å². The molecule has 0 aromatic rings. The van der Waals surface area contributed by atoms with Crippen molar-refractivity contribution in [1.82, 2.24) is 0 Å². The lowest BCUT2D eigenvalue weighted by atomic mass is 9.78. The lowest BCUT2D eigenvalue weighted by Crippen LogP contribution is -2.25. The molecule has 2 rings (SSSR count). The van der Waals surface area contributed by atoms with Gasteiger partial charge in [0, 0.05) is 0 Å². The zero-order valence-electron chi connectivity index (χ0n) is 6.82. The third-order valence-corrected chi connectivity index (χ3v) is 2.60. The van der Waals surface area contributed by atoms with Crippen LogP contribution in [0.25, 0.3) is 0 Å². The van der Waals surface area contributed by atoms with Crippen LogP contribution in [-0.4, -0.2) is 11.9 Å². The van der Waals surface area contributed by atoms with Crippen molar-refractivity contribution in [2.75, 3.05) is 0 Å². The number of rotatable bonds is 0. The molecule has 1 heterocycles. The van der Waals surface area contributed by atoms with E-state index in [9.17, 15) is 9.59 Å². The Bertz CT molecular complexity index is 267. The zero-order valence-corrected chi connectivity index (χ0v) is 6.82. The SMILES string of the molecule is C[C@H]1CC=C[C@H]2C(=O)OC(=O)[C@H]12. The average molecular weight is 166 g/mol. The normalized spacial score (nSPS) is 39.6. The van der Waals surface area contributed by atoms with Crippen LogP contribution < -0.4 is 0 Å². The molecule has 3 atom stereocenters. The molecule has 2 aliphatic rings. The number of hydrogen-bond acceptors (Lipinski definition) is 3. The second kappa shape index (κ2) is 2.44. The predicted octanol–water partition coefficient (Wildman–Crippen LogP) is 0.898. The molecule has 1 aliphatic carbocycles. The first kappa shape index (κ1) is 7.53. The van der Waals surface area contributed by atoms with Crippen LogP contribution in [0.1, 0.15) is 13.3 Å². The topological polar surface area (TPSA) is 43.4 Å². The fourth-order valence-electron chi connectivity index (χ4n) is 1.90. The number of esters is 2. The highest BCUT2D eigenvalue weighted by atomic mass is 16.6. The van der Waals surface area contributed by atoms with E-state index in [2.05, 4.69) is 4.74 Å². The number of carbonyl (C=O) groups is 2. The van der Waals surface area contributed by atoms with Gasteiger partial charge in [-0.25, -0.2) is 0 Å². The van der Waals surface area contributed by atoms with Crippen LogP contribution in [0.4, 0.5) is 0 Å². The van der Waals surface area contributed by atoms with Crippen LogP contribution in [0.5, 0.6) is 0 Å².